The van der Waals surface area contributed by atoms with Crippen LogP contribution < -0.4 is 0 Å². The molecule has 1 aromatic carbocycles. The molecule has 6 nitrogen and oxygen atoms in total. The summed E-state index contributed by atoms with van der Waals surface area (Å²) in [7, 11) is 6.07. The Morgan fingerprint density at radius 2 is 2.16 bits per heavy atom. The minimum Gasteiger partial charge on any atom is -0.462 e. The van der Waals surface area contributed by atoms with Crippen molar-refractivity contribution in [1.82, 2.24) is 14.5 Å². The Morgan fingerprint density at radius 3 is 2.94 bits per heavy atom. The predicted octanol–water partition coefficient (Wildman–Crippen LogP) is 3.91. The fourth-order valence-electron chi connectivity index (χ4n) is 5.63. The summed E-state index contributed by atoms with van der Waals surface area (Å²) in [5.74, 6) is -0.174. The third-order valence-corrected chi connectivity index (χ3v) is 7.36. The number of aryl methyl sites for hydroxylation is 1. The molecule has 3 atom stereocenters. The number of likely N-dealkylation sites (tertiary alicyclic amines) is 1. The van der Waals surface area contributed by atoms with Crippen LogP contribution in [0.1, 0.15) is 27.9 Å². The van der Waals surface area contributed by atoms with Crippen LogP contribution in [0, 0.1) is 5.92 Å². The first-order valence-electron chi connectivity index (χ1n) is 10.5. The Kier molecular flexibility index (Phi) is 5.15. The van der Waals surface area contributed by atoms with Gasteiger partial charge in [0.1, 0.15) is 5.60 Å². The Labute approximate surface area is 190 Å². The molecule has 2 aliphatic rings. The number of halogens is 1. The van der Waals surface area contributed by atoms with Gasteiger partial charge >= 0.3 is 5.97 Å². The number of hydrogen-bond donors (Lipinski definition) is 0. The van der Waals surface area contributed by atoms with E-state index in [0.29, 0.717) is 12.2 Å². The minimum absolute atomic E-state index is 0.172. The van der Waals surface area contributed by atoms with Crippen LogP contribution in [-0.4, -0.2) is 53.8 Å². The number of aromatic nitrogens is 2. The zero-order chi connectivity index (χ0) is 21.8. The molecular formula is C24H26BrN3O3. The lowest BCUT2D eigenvalue weighted by Crippen LogP contribution is -2.59. The molecule has 0 radical (unpaired) electrons. The average Bonchev–Trinajstić information content (AvgIpc) is 3.09. The van der Waals surface area contributed by atoms with Crippen molar-refractivity contribution in [3.8, 4) is 0 Å². The lowest BCUT2D eigenvalue weighted by molar-refractivity contribution is -0.131. The summed E-state index contributed by atoms with van der Waals surface area (Å²) in [6, 6.07) is 8.47. The number of hydrogen-bond acceptors (Lipinski definition) is 5. The molecule has 1 aliphatic carbocycles. The van der Waals surface area contributed by atoms with Gasteiger partial charge in [0.15, 0.2) is 0 Å². The second-order valence-corrected chi connectivity index (χ2v) is 9.69. The molecule has 3 aromatic rings. The zero-order valence-corrected chi connectivity index (χ0v) is 19.6. The molecule has 1 aliphatic heterocycles. The van der Waals surface area contributed by atoms with Crippen molar-refractivity contribution >= 4 is 32.8 Å². The highest BCUT2D eigenvalue weighted by atomic mass is 79.9. The lowest BCUT2D eigenvalue weighted by Gasteiger charge is -2.53. The van der Waals surface area contributed by atoms with Gasteiger partial charge in [-0.2, -0.15) is 0 Å². The molecule has 0 saturated carbocycles. The standard InChI is InChI=1S/C24H26BrN3O3/c1-27-13-17-8-21-24(30-3,19-5-4-6-20(27)22(17)19)9-15(12-28(21)2)14-31-23(29)16-7-18(25)11-26-10-16/h4-7,10-11,13,15,21H,8-9,12,14H2,1-3H3/t15-,21?,24+/m1/s1. The maximum absolute atomic E-state index is 12.5. The number of rotatable bonds is 4. The number of nitrogens with zero attached hydrogens (tertiary/aromatic N) is 3. The smallest absolute Gasteiger partial charge is 0.339 e. The van der Waals surface area contributed by atoms with Crippen LogP contribution >= 0.6 is 15.9 Å². The van der Waals surface area contributed by atoms with Gasteiger partial charge < -0.3 is 14.0 Å². The number of piperidine rings is 1. The highest BCUT2D eigenvalue weighted by molar-refractivity contribution is 9.10. The van der Waals surface area contributed by atoms with Gasteiger partial charge in [0, 0.05) is 66.6 Å². The zero-order valence-electron chi connectivity index (χ0n) is 18.0. The molecular weight excluding hydrogens is 458 g/mol. The number of benzene rings is 1. The number of methoxy groups -OCH3 is 1. The summed E-state index contributed by atoms with van der Waals surface area (Å²) in [6.45, 7) is 1.21. The Bertz CT molecular complexity index is 1160. The third kappa shape index (κ3) is 3.30. The first-order valence-corrected chi connectivity index (χ1v) is 11.3. The largest absolute Gasteiger partial charge is 0.462 e. The number of carbonyl (C=O) groups excluding carboxylic acids is 1. The Balaban J connectivity index is 1.44. The van der Waals surface area contributed by atoms with Crippen molar-refractivity contribution < 1.29 is 14.3 Å². The summed E-state index contributed by atoms with van der Waals surface area (Å²) < 4.78 is 15.0. The van der Waals surface area contributed by atoms with E-state index in [9.17, 15) is 4.79 Å². The van der Waals surface area contributed by atoms with Crippen molar-refractivity contribution in [2.75, 3.05) is 27.3 Å². The van der Waals surface area contributed by atoms with E-state index < -0.39 is 5.60 Å². The molecule has 0 amide bonds. The van der Waals surface area contributed by atoms with E-state index in [1.807, 2.05) is 7.11 Å². The molecule has 3 heterocycles. The van der Waals surface area contributed by atoms with Crippen LogP contribution in [0.2, 0.25) is 0 Å². The van der Waals surface area contributed by atoms with Gasteiger partial charge in [-0.05, 0) is 59.1 Å². The van der Waals surface area contributed by atoms with E-state index in [1.54, 1.807) is 12.3 Å². The maximum atomic E-state index is 12.5. The maximum Gasteiger partial charge on any atom is 0.339 e. The second kappa shape index (κ2) is 7.73. The van der Waals surface area contributed by atoms with Crippen molar-refractivity contribution in [1.29, 1.82) is 0 Å². The van der Waals surface area contributed by atoms with E-state index >= 15 is 0 Å². The quantitative estimate of drug-likeness (QED) is 0.526. The van der Waals surface area contributed by atoms with Crippen molar-refractivity contribution in [3.63, 3.8) is 0 Å². The van der Waals surface area contributed by atoms with Gasteiger partial charge in [-0.1, -0.05) is 12.1 Å². The van der Waals surface area contributed by atoms with Crippen molar-refractivity contribution in [2.45, 2.75) is 24.5 Å². The van der Waals surface area contributed by atoms with Gasteiger partial charge in [0.2, 0.25) is 0 Å². The normalized spacial score (nSPS) is 25.4. The first kappa shape index (κ1) is 20.7. The minimum atomic E-state index is -0.421. The summed E-state index contributed by atoms with van der Waals surface area (Å²) >= 11 is 3.35. The monoisotopic (exact) mass is 483 g/mol. The summed E-state index contributed by atoms with van der Waals surface area (Å²) in [4.78, 5) is 19.0. The van der Waals surface area contributed by atoms with E-state index in [-0.39, 0.29) is 17.9 Å². The van der Waals surface area contributed by atoms with E-state index in [0.717, 1.165) is 23.9 Å². The number of carbonyl (C=O) groups is 1. The number of pyridine rings is 1. The van der Waals surface area contributed by atoms with Gasteiger partial charge in [0.05, 0.1) is 12.2 Å². The van der Waals surface area contributed by atoms with Gasteiger partial charge in [0.25, 0.3) is 0 Å². The molecule has 7 heteroatoms. The number of likely N-dealkylation sites (N-methyl/N-ethyl adjacent to an activating group) is 1. The molecule has 1 saturated heterocycles. The molecule has 5 rings (SSSR count). The number of ether oxygens (including phenoxy) is 2. The second-order valence-electron chi connectivity index (χ2n) is 8.78. The fourth-order valence-corrected chi connectivity index (χ4v) is 5.99. The van der Waals surface area contributed by atoms with Crippen molar-refractivity contribution in [2.24, 2.45) is 13.0 Å². The van der Waals surface area contributed by atoms with Crippen molar-refractivity contribution in [3.05, 3.63) is 64.0 Å². The highest BCUT2D eigenvalue weighted by Gasteiger charge is 2.51. The SMILES string of the molecule is CO[C@]12C[C@@H](COC(=O)c3cncc(Br)c3)CN(C)C1Cc1cn(C)c3cccc2c13. The van der Waals surface area contributed by atoms with Crippen LogP contribution in [0.3, 0.4) is 0 Å². The summed E-state index contributed by atoms with van der Waals surface area (Å²) in [6.07, 6.45) is 7.20. The average molecular weight is 484 g/mol. The first-order chi connectivity index (χ1) is 14.9. The van der Waals surface area contributed by atoms with Crippen LogP contribution in [0.4, 0.5) is 0 Å². The van der Waals surface area contributed by atoms with Gasteiger partial charge in [-0.25, -0.2) is 4.79 Å². The van der Waals surface area contributed by atoms with Crippen LogP contribution in [-0.2, 0) is 28.5 Å². The summed E-state index contributed by atoms with van der Waals surface area (Å²) in [5.41, 5.74) is 3.90. The van der Waals surface area contributed by atoms with Crippen LogP contribution in [0.5, 0.6) is 0 Å². The van der Waals surface area contributed by atoms with E-state index in [2.05, 4.69) is 68.9 Å². The topological polar surface area (TPSA) is 56.6 Å². The molecule has 162 valence electrons. The molecule has 0 N–H and O–H groups in total. The highest BCUT2D eigenvalue weighted by Crippen LogP contribution is 2.49. The van der Waals surface area contributed by atoms with E-state index in [1.165, 1.54) is 28.2 Å². The molecule has 2 aromatic heterocycles. The number of esters is 1. The van der Waals surface area contributed by atoms with Crippen LogP contribution in [0.25, 0.3) is 10.9 Å². The Hall–Kier alpha value is -2.22. The predicted molar refractivity (Wildman–Crippen MR) is 122 cm³/mol. The fraction of sp³-hybridized carbons (Fsp3) is 0.417. The molecule has 1 unspecified atom stereocenters. The molecule has 31 heavy (non-hydrogen) atoms. The molecule has 0 spiro atoms. The lowest BCUT2D eigenvalue weighted by atomic mass is 9.69. The van der Waals surface area contributed by atoms with Crippen LogP contribution in [0.15, 0.2) is 47.3 Å². The molecule has 0 bridgehead atoms. The van der Waals surface area contributed by atoms with Gasteiger partial charge in [-0.3, -0.25) is 9.88 Å². The Morgan fingerprint density at radius 1 is 1.32 bits per heavy atom. The third-order valence-electron chi connectivity index (χ3n) is 6.93. The van der Waals surface area contributed by atoms with Gasteiger partial charge in [-0.15, -0.1) is 0 Å². The number of fused-ring (bicyclic) bond motifs is 2. The van der Waals surface area contributed by atoms with E-state index in [4.69, 9.17) is 9.47 Å². The summed E-state index contributed by atoms with van der Waals surface area (Å²) in [5, 5.41) is 1.31. The molecule has 1 fully saturated rings.